The van der Waals surface area contributed by atoms with Crippen LogP contribution in [0.1, 0.15) is 41.4 Å². The Morgan fingerprint density at radius 1 is 1.08 bits per heavy atom. The van der Waals surface area contributed by atoms with E-state index < -0.39 is 0 Å². The maximum atomic E-state index is 12.8. The van der Waals surface area contributed by atoms with Gasteiger partial charge in [-0.2, -0.15) is 5.10 Å². The zero-order valence-electron chi connectivity index (χ0n) is 15.5. The van der Waals surface area contributed by atoms with Gasteiger partial charge in [0, 0.05) is 10.6 Å². The highest BCUT2D eigenvalue weighted by Gasteiger charge is 2.21. The van der Waals surface area contributed by atoms with Gasteiger partial charge in [-0.15, -0.1) is 11.8 Å². The minimum absolute atomic E-state index is 0.135. The van der Waals surface area contributed by atoms with E-state index in [1.807, 2.05) is 59.5 Å². The van der Waals surface area contributed by atoms with Gasteiger partial charge in [0.2, 0.25) is 0 Å². The third kappa shape index (κ3) is 3.83. The lowest BCUT2D eigenvalue weighted by molar-refractivity contribution is 0.102. The van der Waals surface area contributed by atoms with E-state index in [-0.39, 0.29) is 11.8 Å². The summed E-state index contributed by atoms with van der Waals surface area (Å²) in [5.74, 6) is 0.0300. The first-order valence-electron chi connectivity index (χ1n) is 8.60. The molecule has 26 heavy (non-hydrogen) atoms. The van der Waals surface area contributed by atoms with Crippen molar-refractivity contribution in [3.8, 4) is 5.69 Å². The molecule has 0 unspecified atom stereocenters. The van der Waals surface area contributed by atoms with Gasteiger partial charge in [-0.3, -0.25) is 4.79 Å². The first-order valence-corrected chi connectivity index (χ1v) is 9.82. The third-order valence-electron chi connectivity index (χ3n) is 4.22. The number of amides is 1. The second kappa shape index (κ2) is 7.79. The van der Waals surface area contributed by atoms with E-state index in [1.165, 1.54) is 5.56 Å². The van der Waals surface area contributed by atoms with Gasteiger partial charge < -0.3 is 5.32 Å². The normalized spacial score (nSPS) is 11.0. The van der Waals surface area contributed by atoms with Crippen molar-refractivity contribution in [1.29, 1.82) is 0 Å². The van der Waals surface area contributed by atoms with Crippen molar-refractivity contribution >= 4 is 23.4 Å². The van der Waals surface area contributed by atoms with Crippen LogP contribution in [0.25, 0.3) is 5.69 Å². The van der Waals surface area contributed by atoms with E-state index in [0.29, 0.717) is 5.56 Å². The van der Waals surface area contributed by atoms with Crippen molar-refractivity contribution in [2.24, 2.45) is 0 Å². The van der Waals surface area contributed by atoms with Crippen LogP contribution in [0.2, 0.25) is 0 Å². The van der Waals surface area contributed by atoms with Crippen LogP contribution >= 0.6 is 11.8 Å². The van der Waals surface area contributed by atoms with E-state index in [1.54, 1.807) is 18.0 Å². The van der Waals surface area contributed by atoms with Crippen LogP contribution in [0.5, 0.6) is 0 Å². The SMILES string of the molecule is CSc1ccc(NC(=O)c2cnn(-c3ccc(C)cc3)c2C(C)C)cc1. The fourth-order valence-corrected chi connectivity index (χ4v) is 3.26. The molecule has 3 aromatic rings. The van der Waals surface area contributed by atoms with Gasteiger partial charge in [0.1, 0.15) is 0 Å². The Bertz CT molecular complexity index is 896. The van der Waals surface area contributed by atoms with Gasteiger partial charge in [0.15, 0.2) is 0 Å². The summed E-state index contributed by atoms with van der Waals surface area (Å²) in [5.41, 5.74) is 4.45. The first kappa shape index (κ1) is 18.3. The summed E-state index contributed by atoms with van der Waals surface area (Å²) >= 11 is 1.67. The number of aryl methyl sites for hydroxylation is 1. The van der Waals surface area contributed by atoms with Crippen LogP contribution < -0.4 is 5.32 Å². The molecule has 0 aliphatic rings. The van der Waals surface area contributed by atoms with Crippen LogP contribution in [0.4, 0.5) is 5.69 Å². The minimum atomic E-state index is -0.135. The number of carbonyl (C=O) groups excluding carboxylic acids is 1. The van der Waals surface area contributed by atoms with Gasteiger partial charge in [-0.25, -0.2) is 4.68 Å². The van der Waals surface area contributed by atoms with Crippen LogP contribution in [0, 0.1) is 6.92 Å². The van der Waals surface area contributed by atoms with E-state index in [4.69, 9.17) is 0 Å². The standard InChI is InChI=1S/C21H23N3OS/c1-14(2)20-19(13-22-24(20)17-9-5-15(3)6-10-17)21(25)23-16-7-11-18(26-4)12-8-16/h5-14H,1-4H3,(H,23,25). The number of carbonyl (C=O) groups is 1. The molecule has 0 aliphatic carbocycles. The monoisotopic (exact) mass is 365 g/mol. The van der Waals surface area contributed by atoms with Gasteiger partial charge in [0.05, 0.1) is 23.1 Å². The number of nitrogens with zero attached hydrogens (tertiary/aromatic N) is 2. The van der Waals surface area contributed by atoms with Crippen LogP contribution in [0.15, 0.2) is 59.6 Å². The molecule has 0 aliphatic heterocycles. The van der Waals surface area contributed by atoms with Crippen molar-refractivity contribution in [2.75, 3.05) is 11.6 Å². The highest BCUT2D eigenvalue weighted by molar-refractivity contribution is 7.98. The average molecular weight is 366 g/mol. The topological polar surface area (TPSA) is 46.9 Å². The maximum absolute atomic E-state index is 12.8. The summed E-state index contributed by atoms with van der Waals surface area (Å²) < 4.78 is 1.86. The van der Waals surface area contributed by atoms with Gasteiger partial charge in [-0.05, 0) is 55.5 Å². The molecule has 0 atom stereocenters. The second-order valence-electron chi connectivity index (χ2n) is 6.53. The number of nitrogens with one attached hydrogen (secondary N) is 1. The Hall–Kier alpha value is -2.53. The molecular formula is C21H23N3OS. The molecule has 2 aromatic carbocycles. The number of anilines is 1. The molecular weight excluding hydrogens is 342 g/mol. The summed E-state index contributed by atoms with van der Waals surface area (Å²) in [6.07, 6.45) is 3.68. The summed E-state index contributed by atoms with van der Waals surface area (Å²) in [6, 6.07) is 16.0. The van der Waals surface area contributed by atoms with Crippen molar-refractivity contribution in [3.63, 3.8) is 0 Å². The molecule has 0 radical (unpaired) electrons. The highest BCUT2D eigenvalue weighted by atomic mass is 32.2. The Morgan fingerprint density at radius 2 is 1.73 bits per heavy atom. The molecule has 0 saturated heterocycles. The lowest BCUT2D eigenvalue weighted by Crippen LogP contribution is -2.15. The Labute approximate surface area is 158 Å². The van der Waals surface area contributed by atoms with Gasteiger partial charge >= 0.3 is 0 Å². The molecule has 1 aromatic heterocycles. The molecule has 0 fully saturated rings. The first-order chi connectivity index (χ1) is 12.5. The zero-order valence-corrected chi connectivity index (χ0v) is 16.3. The lowest BCUT2D eigenvalue weighted by Gasteiger charge is -2.13. The molecule has 1 amide bonds. The zero-order chi connectivity index (χ0) is 18.7. The number of thioether (sulfide) groups is 1. The Morgan fingerprint density at radius 3 is 2.31 bits per heavy atom. The van der Waals surface area contributed by atoms with E-state index in [9.17, 15) is 4.79 Å². The summed E-state index contributed by atoms with van der Waals surface area (Å²) in [5, 5.41) is 7.46. The highest BCUT2D eigenvalue weighted by Crippen LogP contribution is 2.25. The van der Waals surface area contributed by atoms with E-state index >= 15 is 0 Å². The number of rotatable bonds is 5. The van der Waals surface area contributed by atoms with E-state index in [0.717, 1.165) is 22.0 Å². The number of benzene rings is 2. The van der Waals surface area contributed by atoms with Crippen molar-refractivity contribution in [1.82, 2.24) is 9.78 Å². The van der Waals surface area contributed by atoms with E-state index in [2.05, 4.69) is 31.2 Å². The number of aromatic nitrogens is 2. The third-order valence-corrected chi connectivity index (χ3v) is 4.97. The lowest BCUT2D eigenvalue weighted by atomic mass is 10.0. The maximum Gasteiger partial charge on any atom is 0.259 e. The predicted molar refractivity (Wildman–Crippen MR) is 109 cm³/mol. The average Bonchev–Trinajstić information content (AvgIpc) is 3.08. The predicted octanol–water partition coefficient (Wildman–Crippen LogP) is 5.28. The fourth-order valence-electron chi connectivity index (χ4n) is 2.85. The van der Waals surface area contributed by atoms with Crippen molar-refractivity contribution in [3.05, 3.63) is 71.5 Å². The molecule has 0 bridgehead atoms. The minimum Gasteiger partial charge on any atom is -0.322 e. The molecule has 5 heteroatoms. The van der Waals surface area contributed by atoms with Crippen molar-refractivity contribution < 1.29 is 4.79 Å². The Balaban J connectivity index is 1.91. The Kier molecular flexibility index (Phi) is 5.47. The molecule has 4 nitrogen and oxygen atoms in total. The largest absolute Gasteiger partial charge is 0.322 e. The van der Waals surface area contributed by atoms with Gasteiger partial charge in [0.25, 0.3) is 5.91 Å². The second-order valence-corrected chi connectivity index (χ2v) is 7.41. The van der Waals surface area contributed by atoms with Crippen LogP contribution in [0.3, 0.4) is 0 Å². The quantitative estimate of drug-likeness (QED) is 0.626. The molecule has 134 valence electrons. The molecule has 1 N–H and O–H groups in total. The summed E-state index contributed by atoms with van der Waals surface area (Å²) in [4.78, 5) is 14.0. The molecule has 0 spiro atoms. The summed E-state index contributed by atoms with van der Waals surface area (Å²) in [7, 11) is 0. The van der Waals surface area contributed by atoms with Crippen LogP contribution in [-0.4, -0.2) is 21.9 Å². The van der Waals surface area contributed by atoms with Gasteiger partial charge in [-0.1, -0.05) is 31.5 Å². The molecule has 3 rings (SSSR count). The fraction of sp³-hybridized carbons (Fsp3) is 0.238. The number of hydrogen-bond acceptors (Lipinski definition) is 3. The van der Waals surface area contributed by atoms with Crippen molar-refractivity contribution in [2.45, 2.75) is 31.6 Å². The molecule has 0 saturated carbocycles. The smallest absolute Gasteiger partial charge is 0.259 e. The summed E-state index contributed by atoms with van der Waals surface area (Å²) in [6.45, 7) is 6.20. The van der Waals surface area contributed by atoms with Crippen LogP contribution in [-0.2, 0) is 0 Å². The number of hydrogen-bond donors (Lipinski definition) is 1. The molecule has 1 heterocycles.